The van der Waals surface area contributed by atoms with E-state index in [4.69, 9.17) is 0 Å². The zero-order valence-corrected chi connectivity index (χ0v) is 12.9. The molecule has 0 aromatic heterocycles. The van der Waals surface area contributed by atoms with Crippen molar-refractivity contribution in [2.75, 3.05) is 18.0 Å². The first-order valence-corrected chi connectivity index (χ1v) is 7.15. The number of rotatable bonds is 5. The summed E-state index contributed by atoms with van der Waals surface area (Å²) in [7, 11) is 0. The minimum atomic E-state index is -1.12. The maximum absolute atomic E-state index is 13.3. The quantitative estimate of drug-likeness (QED) is 0.913. The number of halogens is 3. The molecule has 0 bridgehead atoms. The van der Waals surface area contributed by atoms with E-state index in [9.17, 15) is 22.8 Å². The number of carbonyl (C=O) groups is 2. The lowest BCUT2D eigenvalue weighted by Crippen LogP contribution is -2.37. The normalized spacial score (nSPS) is 10.3. The molecule has 0 aliphatic rings. The van der Waals surface area contributed by atoms with E-state index >= 15 is 0 Å². The second-order valence-corrected chi connectivity index (χ2v) is 5.04. The van der Waals surface area contributed by atoms with Gasteiger partial charge in [0.1, 0.15) is 5.82 Å². The number of nitrogens with zero attached hydrogens (tertiary/aromatic N) is 1. The standard InChI is InChI=1S/C17H15F3N2O2/c1-11(23)22(14-4-2-3-13(18)10-14)8-7-21-17(24)12-5-6-15(19)16(20)9-12/h2-6,9-10H,7-8H2,1H3,(H,21,24). The van der Waals surface area contributed by atoms with Gasteiger partial charge < -0.3 is 10.2 Å². The van der Waals surface area contributed by atoms with Gasteiger partial charge in [-0.05, 0) is 36.4 Å². The van der Waals surface area contributed by atoms with E-state index in [1.165, 1.54) is 30.0 Å². The molecule has 24 heavy (non-hydrogen) atoms. The predicted octanol–water partition coefficient (Wildman–Crippen LogP) is 2.89. The van der Waals surface area contributed by atoms with Crippen LogP contribution in [0.2, 0.25) is 0 Å². The fourth-order valence-corrected chi connectivity index (χ4v) is 2.13. The maximum Gasteiger partial charge on any atom is 0.251 e. The number of nitrogens with one attached hydrogen (secondary N) is 1. The van der Waals surface area contributed by atoms with Gasteiger partial charge in [0.2, 0.25) is 5.91 Å². The molecule has 2 aromatic carbocycles. The Morgan fingerprint density at radius 1 is 1.04 bits per heavy atom. The second-order valence-electron chi connectivity index (χ2n) is 5.04. The molecule has 126 valence electrons. The molecule has 0 aliphatic heterocycles. The number of hydrogen-bond donors (Lipinski definition) is 1. The number of amides is 2. The summed E-state index contributed by atoms with van der Waals surface area (Å²) in [5, 5.41) is 2.50. The fraction of sp³-hybridized carbons (Fsp3) is 0.176. The predicted molar refractivity (Wildman–Crippen MR) is 83.1 cm³/mol. The molecule has 2 aromatic rings. The van der Waals surface area contributed by atoms with Crippen molar-refractivity contribution in [3.05, 3.63) is 65.5 Å². The van der Waals surface area contributed by atoms with E-state index in [-0.39, 0.29) is 24.6 Å². The number of carbonyl (C=O) groups excluding carboxylic acids is 2. The first-order valence-electron chi connectivity index (χ1n) is 7.15. The minimum Gasteiger partial charge on any atom is -0.350 e. The summed E-state index contributed by atoms with van der Waals surface area (Å²) in [6, 6.07) is 8.31. The second kappa shape index (κ2) is 7.63. The van der Waals surface area contributed by atoms with Crippen LogP contribution in [-0.4, -0.2) is 24.9 Å². The van der Waals surface area contributed by atoms with Crippen LogP contribution in [0.3, 0.4) is 0 Å². The highest BCUT2D eigenvalue weighted by Crippen LogP contribution is 2.15. The molecule has 0 saturated heterocycles. The van der Waals surface area contributed by atoms with E-state index in [0.29, 0.717) is 5.69 Å². The van der Waals surface area contributed by atoms with Crippen LogP contribution in [0, 0.1) is 17.5 Å². The number of hydrogen-bond acceptors (Lipinski definition) is 2. The Labute approximate surface area is 136 Å². The minimum absolute atomic E-state index is 0.0333. The molecular formula is C17H15F3N2O2. The van der Waals surface area contributed by atoms with E-state index in [2.05, 4.69) is 5.32 Å². The van der Waals surface area contributed by atoms with E-state index in [0.717, 1.165) is 18.2 Å². The highest BCUT2D eigenvalue weighted by Gasteiger charge is 2.13. The summed E-state index contributed by atoms with van der Waals surface area (Å²) in [6.07, 6.45) is 0. The lowest BCUT2D eigenvalue weighted by molar-refractivity contribution is -0.116. The van der Waals surface area contributed by atoms with Crippen LogP contribution >= 0.6 is 0 Å². The zero-order valence-electron chi connectivity index (χ0n) is 12.9. The molecule has 0 fully saturated rings. The Hall–Kier alpha value is -2.83. The van der Waals surface area contributed by atoms with Gasteiger partial charge in [0, 0.05) is 31.3 Å². The molecule has 0 atom stereocenters. The van der Waals surface area contributed by atoms with Crippen LogP contribution in [0.1, 0.15) is 17.3 Å². The molecule has 0 aliphatic carbocycles. The summed E-state index contributed by atoms with van der Waals surface area (Å²) >= 11 is 0. The van der Waals surface area contributed by atoms with Gasteiger partial charge in [-0.25, -0.2) is 13.2 Å². The van der Waals surface area contributed by atoms with Gasteiger partial charge in [0.05, 0.1) is 0 Å². The third-order valence-electron chi connectivity index (χ3n) is 3.30. The first kappa shape index (κ1) is 17.5. The van der Waals surface area contributed by atoms with Crippen LogP contribution in [-0.2, 0) is 4.79 Å². The van der Waals surface area contributed by atoms with Crippen molar-refractivity contribution < 1.29 is 22.8 Å². The van der Waals surface area contributed by atoms with Crippen LogP contribution in [0.5, 0.6) is 0 Å². The largest absolute Gasteiger partial charge is 0.350 e. The molecule has 0 heterocycles. The zero-order chi connectivity index (χ0) is 17.7. The Balaban J connectivity index is 1.99. The average molecular weight is 336 g/mol. The molecule has 4 nitrogen and oxygen atoms in total. The lowest BCUT2D eigenvalue weighted by Gasteiger charge is -2.21. The van der Waals surface area contributed by atoms with Gasteiger partial charge in [0.25, 0.3) is 5.91 Å². The number of benzene rings is 2. The monoisotopic (exact) mass is 336 g/mol. The Morgan fingerprint density at radius 2 is 1.79 bits per heavy atom. The van der Waals surface area contributed by atoms with Crippen molar-refractivity contribution >= 4 is 17.5 Å². The van der Waals surface area contributed by atoms with Gasteiger partial charge in [-0.1, -0.05) is 6.07 Å². The van der Waals surface area contributed by atoms with Crippen LogP contribution < -0.4 is 10.2 Å². The number of anilines is 1. The molecule has 2 amide bonds. The highest BCUT2D eigenvalue weighted by molar-refractivity contribution is 5.94. The van der Waals surface area contributed by atoms with Gasteiger partial charge in [-0.15, -0.1) is 0 Å². The fourth-order valence-electron chi connectivity index (χ4n) is 2.13. The van der Waals surface area contributed by atoms with E-state index in [1.807, 2.05) is 0 Å². The van der Waals surface area contributed by atoms with E-state index < -0.39 is 23.4 Å². The molecule has 0 saturated carbocycles. The molecule has 1 N–H and O–H groups in total. The van der Waals surface area contributed by atoms with Gasteiger partial charge in [-0.3, -0.25) is 9.59 Å². The van der Waals surface area contributed by atoms with Crippen LogP contribution in [0.4, 0.5) is 18.9 Å². The van der Waals surface area contributed by atoms with Gasteiger partial charge in [-0.2, -0.15) is 0 Å². The SMILES string of the molecule is CC(=O)N(CCNC(=O)c1ccc(F)c(F)c1)c1cccc(F)c1. The summed E-state index contributed by atoms with van der Waals surface area (Å²) < 4.78 is 39.2. The maximum atomic E-state index is 13.3. The van der Waals surface area contributed by atoms with Gasteiger partial charge in [0.15, 0.2) is 11.6 Å². The van der Waals surface area contributed by atoms with Crippen molar-refractivity contribution in [3.63, 3.8) is 0 Å². The Bertz CT molecular complexity index is 765. The van der Waals surface area contributed by atoms with E-state index in [1.54, 1.807) is 6.07 Å². The summed E-state index contributed by atoms with van der Waals surface area (Å²) in [5.74, 6) is -3.56. The Kier molecular flexibility index (Phi) is 5.57. The summed E-state index contributed by atoms with van der Waals surface area (Å²) in [6.45, 7) is 1.49. The molecule has 0 spiro atoms. The van der Waals surface area contributed by atoms with Crippen molar-refractivity contribution in [1.29, 1.82) is 0 Å². The molecule has 7 heteroatoms. The molecule has 0 radical (unpaired) electrons. The highest BCUT2D eigenvalue weighted by atomic mass is 19.2. The van der Waals surface area contributed by atoms with Gasteiger partial charge >= 0.3 is 0 Å². The topological polar surface area (TPSA) is 49.4 Å². The average Bonchev–Trinajstić information content (AvgIpc) is 2.53. The van der Waals surface area contributed by atoms with Crippen molar-refractivity contribution in [3.8, 4) is 0 Å². The molecule has 2 rings (SSSR count). The summed E-state index contributed by atoms with van der Waals surface area (Å²) in [4.78, 5) is 24.9. The van der Waals surface area contributed by atoms with Crippen LogP contribution in [0.25, 0.3) is 0 Å². The molecule has 0 unspecified atom stereocenters. The third-order valence-corrected chi connectivity index (χ3v) is 3.30. The van der Waals surface area contributed by atoms with Crippen molar-refractivity contribution in [1.82, 2.24) is 5.32 Å². The van der Waals surface area contributed by atoms with Crippen molar-refractivity contribution in [2.45, 2.75) is 6.92 Å². The van der Waals surface area contributed by atoms with Crippen LogP contribution in [0.15, 0.2) is 42.5 Å². The lowest BCUT2D eigenvalue weighted by atomic mass is 10.2. The summed E-state index contributed by atoms with van der Waals surface area (Å²) in [5.41, 5.74) is 0.332. The molecular weight excluding hydrogens is 321 g/mol. The smallest absolute Gasteiger partial charge is 0.251 e. The third kappa shape index (κ3) is 4.34. The van der Waals surface area contributed by atoms with Crippen molar-refractivity contribution in [2.24, 2.45) is 0 Å². The first-order chi connectivity index (χ1) is 11.4. The Morgan fingerprint density at radius 3 is 2.42 bits per heavy atom.